The standard InChI is InChI=1S/C14H18F2O/c1-2-3-4-9-17-10-5-6-12-7-8-13(15)14(16)11-12/h5-8,11H,2-4,9-10H2,1H3/b6-5+. The fourth-order valence-electron chi connectivity index (χ4n) is 1.41. The van der Waals surface area contributed by atoms with Gasteiger partial charge in [-0.25, -0.2) is 8.78 Å². The van der Waals surface area contributed by atoms with Crippen molar-refractivity contribution in [1.82, 2.24) is 0 Å². The number of halogens is 2. The van der Waals surface area contributed by atoms with Crippen LogP contribution in [0.1, 0.15) is 31.7 Å². The molecule has 0 bridgehead atoms. The second kappa shape index (κ2) is 7.96. The minimum Gasteiger partial charge on any atom is -0.377 e. The third-order valence-electron chi connectivity index (χ3n) is 2.36. The predicted octanol–water partition coefficient (Wildman–Crippen LogP) is 4.18. The van der Waals surface area contributed by atoms with Gasteiger partial charge in [0.15, 0.2) is 11.6 Å². The summed E-state index contributed by atoms with van der Waals surface area (Å²) in [5, 5.41) is 0. The first-order valence-electron chi connectivity index (χ1n) is 5.93. The van der Waals surface area contributed by atoms with Gasteiger partial charge < -0.3 is 4.74 Å². The molecule has 0 saturated heterocycles. The molecule has 0 radical (unpaired) electrons. The summed E-state index contributed by atoms with van der Waals surface area (Å²) in [5.41, 5.74) is 0.640. The summed E-state index contributed by atoms with van der Waals surface area (Å²) in [6, 6.07) is 3.83. The van der Waals surface area contributed by atoms with Crippen LogP contribution in [0.5, 0.6) is 0 Å². The Hall–Kier alpha value is -1.22. The Morgan fingerprint density at radius 1 is 1.18 bits per heavy atom. The molecule has 0 spiro atoms. The first kappa shape index (κ1) is 13.8. The molecule has 1 aromatic carbocycles. The maximum atomic E-state index is 12.9. The molecule has 0 aliphatic heterocycles. The van der Waals surface area contributed by atoms with Crippen molar-refractivity contribution < 1.29 is 13.5 Å². The Bertz CT molecular complexity index is 361. The van der Waals surface area contributed by atoms with Gasteiger partial charge in [0, 0.05) is 6.61 Å². The van der Waals surface area contributed by atoms with Crippen LogP contribution in [0, 0.1) is 11.6 Å². The zero-order chi connectivity index (χ0) is 12.5. The maximum Gasteiger partial charge on any atom is 0.159 e. The number of rotatable bonds is 7. The lowest BCUT2D eigenvalue weighted by atomic mass is 10.2. The van der Waals surface area contributed by atoms with E-state index in [1.54, 1.807) is 12.2 Å². The highest BCUT2D eigenvalue weighted by Crippen LogP contribution is 2.09. The average Bonchev–Trinajstić information content (AvgIpc) is 2.32. The van der Waals surface area contributed by atoms with E-state index >= 15 is 0 Å². The highest BCUT2D eigenvalue weighted by molar-refractivity contribution is 5.49. The van der Waals surface area contributed by atoms with Crippen LogP contribution < -0.4 is 0 Å². The van der Waals surface area contributed by atoms with Gasteiger partial charge in [-0.3, -0.25) is 0 Å². The highest BCUT2D eigenvalue weighted by atomic mass is 19.2. The van der Waals surface area contributed by atoms with Crippen molar-refractivity contribution in [2.45, 2.75) is 26.2 Å². The predicted molar refractivity (Wildman–Crippen MR) is 65.7 cm³/mol. The van der Waals surface area contributed by atoms with Crippen molar-refractivity contribution in [3.63, 3.8) is 0 Å². The zero-order valence-electron chi connectivity index (χ0n) is 10.1. The second-order valence-electron chi connectivity index (χ2n) is 3.86. The molecule has 0 fully saturated rings. The number of hydrogen-bond acceptors (Lipinski definition) is 1. The van der Waals surface area contributed by atoms with Gasteiger partial charge in [0.05, 0.1) is 6.61 Å². The van der Waals surface area contributed by atoms with Crippen LogP contribution in [0.25, 0.3) is 6.08 Å². The van der Waals surface area contributed by atoms with Crippen molar-refractivity contribution in [2.24, 2.45) is 0 Å². The third kappa shape index (κ3) is 5.59. The Morgan fingerprint density at radius 3 is 2.71 bits per heavy atom. The van der Waals surface area contributed by atoms with E-state index in [0.717, 1.165) is 19.1 Å². The zero-order valence-corrected chi connectivity index (χ0v) is 10.1. The van der Waals surface area contributed by atoms with Crippen LogP contribution in [-0.2, 0) is 4.74 Å². The molecule has 1 aromatic rings. The Labute approximate surface area is 101 Å². The molecule has 0 heterocycles. The lowest BCUT2D eigenvalue weighted by Crippen LogP contribution is -1.93. The number of benzene rings is 1. The first-order valence-corrected chi connectivity index (χ1v) is 5.93. The van der Waals surface area contributed by atoms with Gasteiger partial charge in [-0.05, 0) is 24.1 Å². The molecule has 1 nitrogen and oxygen atoms in total. The van der Waals surface area contributed by atoms with Gasteiger partial charge in [0.25, 0.3) is 0 Å². The fraction of sp³-hybridized carbons (Fsp3) is 0.429. The highest BCUT2D eigenvalue weighted by Gasteiger charge is 1.99. The molecule has 0 aliphatic carbocycles. The van der Waals surface area contributed by atoms with Crippen LogP contribution >= 0.6 is 0 Å². The summed E-state index contributed by atoms with van der Waals surface area (Å²) in [5.74, 6) is -1.64. The molecule has 0 saturated carbocycles. The monoisotopic (exact) mass is 240 g/mol. The fourth-order valence-corrected chi connectivity index (χ4v) is 1.41. The van der Waals surface area contributed by atoms with Crippen LogP contribution in [0.2, 0.25) is 0 Å². The first-order chi connectivity index (χ1) is 8.24. The van der Waals surface area contributed by atoms with E-state index in [1.165, 1.54) is 25.0 Å². The largest absolute Gasteiger partial charge is 0.377 e. The smallest absolute Gasteiger partial charge is 0.159 e. The van der Waals surface area contributed by atoms with E-state index < -0.39 is 11.6 Å². The van der Waals surface area contributed by atoms with Crippen molar-refractivity contribution in [3.8, 4) is 0 Å². The van der Waals surface area contributed by atoms with Crippen molar-refractivity contribution in [3.05, 3.63) is 41.5 Å². The van der Waals surface area contributed by atoms with Gasteiger partial charge >= 0.3 is 0 Å². The Morgan fingerprint density at radius 2 is 2.00 bits per heavy atom. The van der Waals surface area contributed by atoms with E-state index in [4.69, 9.17) is 4.74 Å². The number of ether oxygens (including phenoxy) is 1. The van der Waals surface area contributed by atoms with Gasteiger partial charge in [-0.2, -0.15) is 0 Å². The minimum atomic E-state index is -0.823. The van der Waals surface area contributed by atoms with Crippen molar-refractivity contribution >= 4 is 6.08 Å². The van der Waals surface area contributed by atoms with Crippen LogP contribution in [0.4, 0.5) is 8.78 Å². The van der Waals surface area contributed by atoms with Gasteiger partial charge in [0.2, 0.25) is 0 Å². The summed E-state index contributed by atoms with van der Waals surface area (Å²) in [6.45, 7) is 3.39. The average molecular weight is 240 g/mol. The van der Waals surface area contributed by atoms with Gasteiger partial charge in [0.1, 0.15) is 0 Å². The number of unbranched alkanes of at least 4 members (excludes halogenated alkanes) is 2. The molecule has 0 unspecified atom stereocenters. The Balaban J connectivity index is 2.26. The lowest BCUT2D eigenvalue weighted by molar-refractivity contribution is 0.158. The molecule has 0 aliphatic rings. The molecule has 0 amide bonds. The molecular formula is C14H18F2O. The number of hydrogen-bond donors (Lipinski definition) is 0. The molecule has 0 N–H and O–H groups in total. The second-order valence-corrected chi connectivity index (χ2v) is 3.86. The maximum absolute atomic E-state index is 12.9. The van der Waals surface area contributed by atoms with Gasteiger partial charge in [-0.15, -0.1) is 0 Å². The van der Waals surface area contributed by atoms with Gasteiger partial charge in [-0.1, -0.05) is 38.0 Å². The summed E-state index contributed by atoms with van der Waals surface area (Å²) < 4.78 is 30.8. The topological polar surface area (TPSA) is 9.23 Å². The SMILES string of the molecule is CCCCCOC/C=C/c1ccc(F)c(F)c1. The molecule has 1 rings (SSSR count). The summed E-state index contributed by atoms with van der Waals surface area (Å²) in [6.07, 6.45) is 6.94. The van der Waals surface area contributed by atoms with E-state index in [-0.39, 0.29) is 0 Å². The third-order valence-corrected chi connectivity index (χ3v) is 2.36. The summed E-state index contributed by atoms with van der Waals surface area (Å²) in [7, 11) is 0. The van der Waals surface area contributed by atoms with E-state index in [9.17, 15) is 8.78 Å². The van der Waals surface area contributed by atoms with Crippen molar-refractivity contribution in [1.29, 1.82) is 0 Å². The Kier molecular flexibility index (Phi) is 6.48. The molecule has 17 heavy (non-hydrogen) atoms. The molecule has 3 heteroatoms. The van der Waals surface area contributed by atoms with Crippen LogP contribution in [0.3, 0.4) is 0 Å². The lowest BCUT2D eigenvalue weighted by Gasteiger charge is -1.99. The molecule has 0 atom stereocenters. The molecule has 94 valence electrons. The van der Waals surface area contributed by atoms with E-state index in [2.05, 4.69) is 6.92 Å². The molecular weight excluding hydrogens is 222 g/mol. The van der Waals surface area contributed by atoms with E-state index in [1.807, 2.05) is 0 Å². The summed E-state index contributed by atoms with van der Waals surface area (Å²) >= 11 is 0. The van der Waals surface area contributed by atoms with E-state index in [0.29, 0.717) is 12.2 Å². The van der Waals surface area contributed by atoms with Crippen molar-refractivity contribution in [2.75, 3.05) is 13.2 Å². The normalized spacial score (nSPS) is 11.2. The molecule has 0 aromatic heterocycles. The summed E-state index contributed by atoms with van der Waals surface area (Å²) in [4.78, 5) is 0. The van der Waals surface area contributed by atoms with Crippen LogP contribution in [-0.4, -0.2) is 13.2 Å². The minimum absolute atomic E-state index is 0.503. The van der Waals surface area contributed by atoms with Crippen LogP contribution in [0.15, 0.2) is 24.3 Å². The quantitative estimate of drug-likeness (QED) is 0.649.